The van der Waals surface area contributed by atoms with Crippen molar-refractivity contribution in [3.63, 3.8) is 0 Å². The molecule has 2 aromatic carbocycles. The second-order valence-corrected chi connectivity index (χ2v) is 11.9. The molecular weight excluding hydrogens is 573 g/mol. The molecule has 4 heterocycles. The summed E-state index contributed by atoms with van der Waals surface area (Å²) < 4.78 is 26.0. The number of morpholine rings is 1. The fourth-order valence-electron chi connectivity index (χ4n) is 6.76. The number of hydrogen-bond donors (Lipinski definition) is 0. The highest BCUT2D eigenvalue weighted by molar-refractivity contribution is 5.97. The molecule has 1 unspecified atom stereocenters. The summed E-state index contributed by atoms with van der Waals surface area (Å²) in [4.78, 5) is 34.2. The normalized spacial score (nSPS) is 20.5. The number of benzene rings is 2. The zero-order valence-corrected chi connectivity index (χ0v) is 26.0. The lowest BCUT2D eigenvalue weighted by Crippen LogP contribution is -2.57. The number of hydrogen-bond acceptors (Lipinski definition) is 8. The predicted octanol–water partition coefficient (Wildman–Crippen LogP) is 4.02. The number of nitrogens with zero attached hydrogens (tertiary/aromatic N) is 7. The number of aryl methyl sites for hydroxylation is 1. The van der Waals surface area contributed by atoms with Crippen LogP contribution < -0.4 is 14.5 Å². The van der Waals surface area contributed by atoms with E-state index in [1.165, 1.54) is 26.9 Å². The fraction of sp³-hybridized carbons (Fsp3) is 0.471. The number of piperazine rings is 1. The van der Waals surface area contributed by atoms with Gasteiger partial charge in [-0.1, -0.05) is 43.8 Å². The molecule has 0 spiro atoms. The van der Waals surface area contributed by atoms with E-state index in [0.29, 0.717) is 32.8 Å². The predicted molar refractivity (Wildman–Crippen MR) is 172 cm³/mol. The third kappa shape index (κ3) is 6.44. The van der Waals surface area contributed by atoms with E-state index in [-0.39, 0.29) is 25.2 Å². The van der Waals surface area contributed by atoms with Gasteiger partial charge < -0.3 is 29.0 Å². The van der Waals surface area contributed by atoms with E-state index >= 15 is 0 Å². The van der Waals surface area contributed by atoms with Gasteiger partial charge in [-0.05, 0) is 36.9 Å². The first-order chi connectivity index (χ1) is 21.9. The second-order valence-electron chi connectivity index (χ2n) is 11.9. The summed E-state index contributed by atoms with van der Waals surface area (Å²) in [7, 11) is 0. The van der Waals surface area contributed by atoms with E-state index in [2.05, 4.69) is 76.4 Å². The smallest absolute Gasteiger partial charge is 0.318 e. The molecule has 1 aromatic heterocycles. The standard InChI is InChI=1S/C34H40FN7O3/c1-5-39-16-17-44-27(20-39)22-45-34-37-29-21-40(30-11-7-10-25-9-6-8-23(2)31(25)30)13-12-28(29)32(38-34)41-14-15-42(33(43)24(3)35)26(19-41)18-36-4/h6-11,26-27H,3,5,12-22H2,1-2H3/t26-,27?/m0/s1. The Morgan fingerprint density at radius 2 is 1.96 bits per heavy atom. The number of aromatic nitrogens is 2. The molecule has 0 N–H and O–H groups in total. The second kappa shape index (κ2) is 13.4. The molecule has 45 heavy (non-hydrogen) atoms. The van der Waals surface area contributed by atoms with Crippen LogP contribution in [-0.4, -0.2) is 103 Å². The van der Waals surface area contributed by atoms with E-state index in [1.807, 2.05) is 0 Å². The number of likely N-dealkylation sites (N-methyl/N-ethyl adjacent to an activating group) is 1. The molecule has 1 amide bonds. The lowest BCUT2D eigenvalue weighted by molar-refractivity contribution is -0.131. The summed E-state index contributed by atoms with van der Waals surface area (Å²) in [5, 5.41) is 2.44. The molecule has 0 saturated carbocycles. The molecule has 10 nitrogen and oxygen atoms in total. The molecule has 0 aliphatic carbocycles. The lowest BCUT2D eigenvalue weighted by Gasteiger charge is -2.41. The van der Waals surface area contributed by atoms with Crippen LogP contribution in [-0.2, 0) is 22.5 Å². The van der Waals surface area contributed by atoms with Gasteiger partial charge in [-0.3, -0.25) is 9.69 Å². The van der Waals surface area contributed by atoms with Gasteiger partial charge in [-0.15, -0.1) is 0 Å². The summed E-state index contributed by atoms with van der Waals surface area (Å²) in [5.74, 6) is -1.01. The van der Waals surface area contributed by atoms with Gasteiger partial charge in [-0.25, -0.2) is 11.0 Å². The Balaban J connectivity index is 1.32. The first kappa shape index (κ1) is 30.7. The average Bonchev–Trinajstić information content (AvgIpc) is 3.06. The van der Waals surface area contributed by atoms with Crippen LogP contribution in [0.5, 0.6) is 6.01 Å². The zero-order valence-electron chi connectivity index (χ0n) is 26.0. The van der Waals surface area contributed by atoms with E-state index in [0.717, 1.165) is 49.7 Å². The maximum Gasteiger partial charge on any atom is 0.318 e. The molecule has 0 radical (unpaired) electrons. The highest BCUT2D eigenvalue weighted by atomic mass is 19.1. The van der Waals surface area contributed by atoms with Crippen molar-refractivity contribution in [3.8, 4) is 6.01 Å². The van der Waals surface area contributed by atoms with Gasteiger partial charge in [0.25, 0.3) is 5.91 Å². The van der Waals surface area contributed by atoms with E-state index < -0.39 is 17.8 Å². The Labute approximate surface area is 263 Å². The van der Waals surface area contributed by atoms with Crippen molar-refractivity contribution in [2.75, 3.05) is 75.4 Å². The number of halogens is 1. The highest BCUT2D eigenvalue weighted by Crippen LogP contribution is 2.36. The molecule has 6 rings (SSSR count). The molecule has 2 fully saturated rings. The van der Waals surface area contributed by atoms with Crippen LogP contribution in [0.3, 0.4) is 0 Å². The first-order valence-electron chi connectivity index (χ1n) is 15.7. The number of ether oxygens (including phenoxy) is 2. The molecule has 2 saturated heterocycles. The zero-order chi connectivity index (χ0) is 31.5. The molecule has 3 aromatic rings. The van der Waals surface area contributed by atoms with Crippen molar-refractivity contribution < 1.29 is 18.7 Å². The van der Waals surface area contributed by atoms with Crippen LogP contribution in [0.4, 0.5) is 15.9 Å². The summed E-state index contributed by atoms with van der Waals surface area (Å²) in [6, 6.07) is 12.6. The third-order valence-corrected chi connectivity index (χ3v) is 9.10. The monoisotopic (exact) mass is 613 g/mol. The van der Waals surface area contributed by atoms with Gasteiger partial charge in [-0.2, -0.15) is 9.97 Å². The highest BCUT2D eigenvalue weighted by Gasteiger charge is 2.36. The van der Waals surface area contributed by atoms with Crippen LogP contribution in [0, 0.1) is 13.5 Å². The number of carbonyl (C=O) groups excluding carboxylic acids is 1. The molecule has 3 aliphatic rings. The Morgan fingerprint density at radius 3 is 2.73 bits per heavy atom. The molecule has 11 heteroatoms. The Kier molecular flexibility index (Phi) is 9.14. The number of anilines is 2. The quantitative estimate of drug-likeness (QED) is 0.279. The van der Waals surface area contributed by atoms with E-state index in [9.17, 15) is 9.18 Å². The minimum atomic E-state index is -1.01. The summed E-state index contributed by atoms with van der Waals surface area (Å²) >= 11 is 0. The van der Waals surface area contributed by atoms with Crippen LogP contribution in [0.25, 0.3) is 15.6 Å². The summed E-state index contributed by atoms with van der Waals surface area (Å²) in [6.45, 7) is 21.1. The Hall–Kier alpha value is -4.27. The van der Waals surface area contributed by atoms with Crippen LogP contribution >= 0.6 is 0 Å². The van der Waals surface area contributed by atoms with Crippen molar-refractivity contribution in [2.24, 2.45) is 0 Å². The van der Waals surface area contributed by atoms with Crippen LogP contribution in [0.1, 0.15) is 23.7 Å². The van der Waals surface area contributed by atoms with Gasteiger partial charge in [0, 0.05) is 55.9 Å². The van der Waals surface area contributed by atoms with Crippen molar-refractivity contribution >= 4 is 28.2 Å². The SMILES string of the molecule is [C-]#[N+]C[C@H]1CN(c2nc(OCC3CN(CC)CCO3)nc3c2CCN(c2cccc4cccc(C)c24)C3)CCN1C(=O)C(=C)F. The molecule has 2 atom stereocenters. The number of rotatable bonds is 8. The van der Waals surface area contributed by atoms with Gasteiger partial charge in [0.1, 0.15) is 24.6 Å². The van der Waals surface area contributed by atoms with Crippen molar-refractivity contribution in [1.29, 1.82) is 0 Å². The van der Waals surface area contributed by atoms with Gasteiger partial charge in [0.15, 0.2) is 5.83 Å². The number of carbonyl (C=O) groups is 1. The molecule has 3 aliphatic heterocycles. The number of fused-ring (bicyclic) bond motifs is 2. The minimum absolute atomic E-state index is 0.0628. The summed E-state index contributed by atoms with van der Waals surface area (Å²) in [6.07, 6.45) is 0.640. The lowest BCUT2D eigenvalue weighted by atomic mass is 9.99. The maximum absolute atomic E-state index is 13.8. The molecular formula is C34H40FN7O3. The average molecular weight is 614 g/mol. The summed E-state index contributed by atoms with van der Waals surface area (Å²) in [5.41, 5.74) is 4.33. The van der Waals surface area contributed by atoms with E-state index in [4.69, 9.17) is 26.0 Å². The van der Waals surface area contributed by atoms with Crippen molar-refractivity contribution in [2.45, 2.75) is 39.0 Å². The largest absolute Gasteiger partial charge is 0.461 e. The van der Waals surface area contributed by atoms with Gasteiger partial charge in [0.2, 0.25) is 6.54 Å². The molecule has 0 bridgehead atoms. The first-order valence-corrected chi connectivity index (χ1v) is 15.7. The third-order valence-electron chi connectivity index (χ3n) is 9.10. The van der Waals surface area contributed by atoms with Crippen LogP contribution in [0.15, 0.2) is 48.8 Å². The Morgan fingerprint density at radius 1 is 1.13 bits per heavy atom. The van der Waals surface area contributed by atoms with Gasteiger partial charge in [0.05, 0.1) is 18.8 Å². The van der Waals surface area contributed by atoms with Gasteiger partial charge >= 0.3 is 6.01 Å². The Bertz CT molecular complexity index is 1620. The maximum atomic E-state index is 13.8. The van der Waals surface area contributed by atoms with E-state index in [1.54, 1.807) is 0 Å². The van der Waals surface area contributed by atoms with Crippen molar-refractivity contribution in [1.82, 2.24) is 19.8 Å². The minimum Gasteiger partial charge on any atom is -0.461 e. The van der Waals surface area contributed by atoms with Crippen molar-refractivity contribution in [3.05, 3.63) is 77.0 Å². The number of amides is 1. The van der Waals surface area contributed by atoms with Crippen LogP contribution in [0.2, 0.25) is 0 Å². The fourth-order valence-corrected chi connectivity index (χ4v) is 6.76. The topological polar surface area (TPSA) is 78.6 Å². The molecule has 236 valence electrons.